The van der Waals surface area contributed by atoms with E-state index in [1.54, 1.807) is 4.90 Å². The lowest BCUT2D eigenvalue weighted by Crippen LogP contribution is -2.29. The summed E-state index contributed by atoms with van der Waals surface area (Å²) in [5.41, 5.74) is 0.930. The molecule has 0 atom stereocenters. The summed E-state index contributed by atoms with van der Waals surface area (Å²) in [7, 11) is 0. The van der Waals surface area contributed by atoms with Gasteiger partial charge in [0.15, 0.2) is 0 Å². The van der Waals surface area contributed by atoms with Crippen molar-refractivity contribution < 1.29 is 14.3 Å². The summed E-state index contributed by atoms with van der Waals surface area (Å²) in [5.74, 6) is -0.568. The maximum Gasteiger partial charge on any atom is 0.315 e. The van der Waals surface area contributed by atoms with E-state index >= 15 is 0 Å². The Morgan fingerprint density at radius 2 is 1.78 bits per heavy atom. The third-order valence-corrected chi connectivity index (χ3v) is 3.00. The van der Waals surface area contributed by atoms with Crippen molar-refractivity contribution >= 4 is 11.9 Å². The minimum absolute atomic E-state index is 0.120. The number of amides is 1. The van der Waals surface area contributed by atoms with Crippen molar-refractivity contribution in [3.8, 4) is 0 Å². The first-order valence-corrected chi connectivity index (χ1v) is 6.23. The molecule has 1 heterocycles. The maximum atomic E-state index is 11.7. The number of carbonyl (C=O) groups is 2. The predicted octanol–water partition coefficient (Wildman–Crippen LogP) is 1.74. The number of likely N-dealkylation sites (tertiary alicyclic amines) is 1. The van der Waals surface area contributed by atoms with Gasteiger partial charge in [0.05, 0.1) is 0 Å². The highest BCUT2D eigenvalue weighted by Gasteiger charge is 2.20. The van der Waals surface area contributed by atoms with Crippen LogP contribution in [0.3, 0.4) is 0 Å². The number of hydrogen-bond acceptors (Lipinski definition) is 3. The Morgan fingerprint density at radius 3 is 2.44 bits per heavy atom. The molecule has 96 valence electrons. The van der Waals surface area contributed by atoms with E-state index in [4.69, 9.17) is 4.74 Å². The predicted molar refractivity (Wildman–Crippen MR) is 66.7 cm³/mol. The lowest BCUT2D eigenvalue weighted by molar-refractivity contribution is -0.149. The Labute approximate surface area is 107 Å². The van der Waals surface area contributed by atoms with E-state index in [0.29, 0.717) is 0 Å². The Balaban J connectivity index is 1.73. The molecule has 2 rings (SSSR count). The molecule has 18 heavy (non-hydrogen) atoms. The van der Waals surface area contributed by atoms with Crippen LogP contribution in [0.2, 0.25) is 0 Å². The van der Waals surface area contributed by atoms with Gasteiger partial charge in [0.25, 0.3) is 0 Å². The first-order chi connectivity index (χ1) is 8.75. The summed E-state index contributed by atoms with van der Waals surface area (Å²) in [5, 5.41) is 0. The van der Waals surface area contributed by atoms with Crippen LogP contribution in [-0.2, 0) is 20.9 Å². The topological polar surface area (TPSA) is 46.6 Å². The van der Waals surface area contributed by atoms with Crippen molar-refractivity contribution in [2.45, 2.75) is 25.9 Å². The molecular formula is C14H17NO3. The molecule has 0 spiro atoms. The molecule has 0 aromatic heterocycles. The molecule has 0 unspecified atom stereocenters. The van der Waals surface area contributed by atoms with Crippen molar-refractivity contribution in [2.24, 2.45) is 0 Å². The Morgan fingerprint density at radius 1 is 1.11 bits per heavy atom. The van der Waals surface area contributed by atoms with Crippen LogP contribution < -0.4 is 0 Å². The van der Waals surface area contributed by atoms with Crippen LogP contribution in [0.1, 0.15) is 24.8 Å². The zero-order chi connectivity index (χ0) is 12.8. The molecule has 1 fully saturated rings. The second-order valence-corrected chi connectivity index (χ2v) is 4.41. The van der Waals surface area contributed by atoms with E-state index in [0.717, 1.165) is 31.5 Å². The summed E-state index contributed by atoms with van der Waals surface area (Å²) < 4.78 is 5.07. The van der Waals surface area contributed by atoms with Gasteiger partial charge in [-0.15, -0.1) is 0 Å². The van der Waals surface area contributed by atoms with E-state index in [2.05, 4.69) is 0 Å². The smallest absolute Gasteiger partial charge is 0.315 e. The first kappa shape index (κ1) is 12.6. The monoisotopic (exact) mass is 247 g/mol. The minimum Gasteiger partial charge on any atom is -0.460 e. The van der Waals surface area contributed by atoms with E-state index < -0.39 is 5.97 Å². The van der Waals surface area contributed by atoms with Gasteiger partial charge in [-0.2, -0.15) is 0 Å². The van der Waals surface area contributed by atoms with Gasteiger partial charge in [0.1, 0.15) is 13.0 Å². The van der Waals surface area contributed by atoms with E-state index in [1.165, 1.54) is 0 Å². The minimum atomic E-state index is -0.448. The second kappa shape index (κ2) is 6.19. The fourth-order valence-electron chi connectivity index (χ4n) is 1.99. The van der Waals surface area contributed by atoms with E-state index in [-0.39, 0.29) is 18.9 Å². The van der Waals surface area contributed by atoms with Crippen LogP contribution in [0.25, 0.3) is 0 Å². The highest BCUT2D eigenvalue weighted by molar-refractivity contribution is 5.94. The van der Waals surface area contributed by atoms with Gasteiger partial charge >= 0.3 is 5.97 Å². The Kier molecular flexibility index (Phi) is 4.34. The van der Waals surface area contributed by atoms with Gasteiger partial charge < -0.3 is 9.64 Å². The number of nitrogens with zero attached hydrogens (tertiary/aromatic N) is 1. The summed E-state index contributed by atoms with van der Waals surface area (Å²) in [6.07, 6.45) is 1.92. The van der Waals surface area contributed by atoms with E-state index in [9.17, 15) is 9.59 Å². The van der Waals surface area contributed by atoms with E-state index in [1.807, 2.05) is 30.3 Å². The lowest BCUT2D eigenvalue weighted by atomic mass is 10.2. The summed E-state index contributed by atoms with van der Waals surface area (Å²) in [6.45, 7) is 1.77. The van der Waals surface area contributed by atoms with Gasteiger partial charge in [-0.1, -0.05) is 30.3 Å². The number of hydrogen-bond donors (Lipinski definition) is 0. The average Bonchev–Trinajstić information content (AvgIpc) is 2.91. The molecule has 1 amide bonds. The van der Waals surface area contributed by atoms with Gasteiger partial charge in [0, 0.05) is 13.1 Å². The van der Waals surface area contributed by atoms with Gasteiger partial charge in [-0.3, -0.25) is 9.59 Å². The molecule has 0 N–H and O–H groups in total. The highest BCUT2D eigenvalue weighted by atomic mass is 16.5. The Hall–Kier alpha value is -1.84. The molecule has 4 nitrogen and oxygen atoms in total. The highest BCUT2D eigenvalue weighted by Crippen LogP contribution is 2.09. The van der Waals surface area contributed by atoms with Gasteiger partial charge in [-0.25, -0.2) is 0 Å². The van der Waals surface area contributed by atoms with Crippen LogP contribution in [0, 0.1) is 0 Å². The van der Waals surface area contributed by atoms with Crippen LogP contribution in [0.4, 0.5) is 0 Å². The van der Waals surface area contributed by atoms with Crippen molar-refractivity contribution in [3.63, 3.8) is 0 Å². The van der Waals surface area contributed by atoms with Crippen LogP contribution in [0.15, 0.2) is 30.3 Å². The quantitative estimate of drug-likeness (QED) is 0.601. The third-order valence-electron chi connectivity index (χ3n) is 3.00. The summed E-state index contributed by atoms with van der Waals surface area (Å²) in [6, 6.07) is 9.45. The van der Waals surface area contributed by atoms with Crippen molar-refractivity contribution in [3.05, 3.63) is 35.9 Å². The summed E-state index contributed by atoms with van der Waals surface area (Å²) in [4.78, 5) is 24.9. The standard InChI is InChI=1S/C14H17NO3/c16-13(15-8-4-5-9-15)10-14(17)18-11-12-6-2-1-3-7-12/h1-3,6-7H,4-5,8-11H2. The molecule has 1 saturated heterocycles. The molecule has 0 saturated carbocycles. The number of rotatable bonds is 4. The summed E-state index contributed by atoms with van der Waals surface area (Å²) >= 11 is 0. The fourth-order valence-corrected chi connectivity index (χ4v) is 1.99. The number of benzene rings is 1. The SMILES string of the molecule is O=C(CC(=O)N1CCCC1)OCc1ccccc1. The third kappa shape index (κ3) is 3.58. The first-order valence-electron chi connectivity index (χ1n) is 6.23. The Bertz CT molecular complexity index is 410. The normalized spacial score (nSPS) is 14.6. The van der Waals surface area contributed by atoms with Crippen molar-refractivity contribution in [2.75, 3.05) is 13.1 Å². The lowest BCUT2D eigenvalue weighted by Gasteiger charge is -2.14. The fraction of sp³-hybridized carbons (Fsp3) is 0.429. The molecule has 0 aliphatic carbocycles. The maximum absolute atomic E-state index is 11.7. The molecular weight excluding hydrogens is 230 g/mol. The largest absolute Gasteiger partial charge is 0.460 e. The number of carbonyl (C=O) groups excluding carboxylic acids is 2. The molecule has 0 bridgehead atoms. The number of esters is 1. The van der Waals surface area contributed by atoms with Gasteiger partial charge in [-0.05, 0) is 18.4 Å². The molecule has 1 aliphatic heterocycles. The second-order valence-electron chi connectivity index (χ2n) is 4.41. The zero-order valence-electron chi connectivity index (χ0n) is 10.3. The van der Waals surface area contributed by atoms with Crippen LogP contribution >= 0.6 is 0 Å². The average molecular weight is 247 g/mol. The van der Waals surface area contributed by atoms with Crippen molar-refractivity contribution in [1.29, 1.82) is 0 Å². The molecule has 1 aliphatic rings. The zero-order valence-corrected chi connectivity index (χ0v) is 10.3. The van der Waals surface area contributed by atoms with Crippen LogP contribution in [-0.4, -0.2) is 29.9 Å². The molecule has 0 radical (unpaired) electrons. The van der Waals surface area contributed by atoms with Crippen molar-refractivity contribution in [1.82, 2.24) is 4.90 Å². The molecule has 4 heteroatoms. The van der Waals surface area contributed by atoms with Gasteiger partial charge in [0.2, 0.25) is 5.91 Å². The van der Waals surface area contributed by atoms with Crippen LogP contribution in [0.5, 0.6) is 0 Å². The molecule has 1 aromatic rings. The molecule has 1 aromatic carbocycles. The number of ether oxygens (including phenoxy) is 1.